The second-order valence-electron chi connectivity index (χ2n) is 7.12. The Hall–Kier alpha value is -1.32. The summed E-state index contributed by atoms with van der Waals surface area (Å²) >= 11 is 0. The van der Waals surface area contributed by atoms with Crippen molar-refractivity contribution in [3.8, 4) is 5.75 Å². The van der Waals surface area contributed by atoms with Crippen LogP contribution in [-0.2, 0) is 20.5 Å². The first kappa shape index (κ1) is 21.0. The molecule has 0 atom stereocenters. The highest BCUT2D eigenvalue weighted by Crippen LogP contribution is 2.37. The van der Waals surface area contributed by atoms with Gasteiger partial charge < -0.3 is 18.8 Å². The molecule has 1 aromatic carbocycles. The third kappa shape index (κ3) is 4.69. The number of hydrogen-bond acceptors (Lipinski definition) is 4. The van der Waals surface area contributed by atoms with Gasteiger partial charge in [0.2, 0.25) is 0 Å². The van der Waals surface area contributed by atoms with Gasteiger partial charge in [0.05, 0.1) is 17.6 Å². The van der Waals surface area contributed by atoms with Crippen molar-refractivity contribution in [2.75, 3.05) is 13.4 Å². The maximum atomic E-state index is 14.4. The zero-order chi connectivity index (χ0) is 19.8. The number of ether oxygens (including phenoxy) is 2. The van der Waals surface area contributed by atoms with Crippen molar-refractivity contribution in [2.24, 2.45) is 0 Å². The zero-order valence-corrected chi connectivity index (χ0v) is 15.5. The molecule has 0 aromatic heterocycles. The van der Waals surface area contributed by atoms with E-state index in [0.717, 1.165) is 12.1 Å². The van der Waals surface area contributed by atoms with E-state index < -0.39 is 36.7 Å². The molecule has 26 heavy (non-hydrogen) atoms. The van der Waals surface area contributed by atoms with Crippen LogP contribution in [0, 0.1) is 5.82 Å². The van der Waals surface area contributed by atoms with E-state index in [1.807, 2.05) is 0 Å². The van der Waals surface area contributed by atoms with Gasteiger partial charge in [-0.1, -0.05) is 0 Å². The summed E-state index contributed by atoms with van der Waals surface area (Å²) in [5.74, 6) is -1.11. The van der Waals surface area contributed by atoms with Crippen LogP contribution in [-0.4, -0.2) is 37.9 Å². The highest BCUT2D eigenvalue weighted by Gasteiger charge is 2.52. The van der Waals surface area contributed by atoms with Gasteiger partial charge in [-0.05, 0) is 57.8 Å². The quantitative estimate of drug-likeness (QED) is 0.328. The largest absolute Gasteiger partial charge is 0.495 e. The van der Waals surface area contributed by atoms with Crippen molar-refractivity contribution < 1.29 is 36.3 Å². The predicted octanol–water partition coefficient (Wildman–Crippen LogP) is 3.60. The van der Waals surface area contributed by atoms with Crippen LogP contribution in [0.3, 0.4) is 0 Å². The highest BCUT2D eigenvalue weighted by atomic mass is 19.4. The van der Waals surface area contributed by atoms with Crippen LogP contribution in [0.4, 0.5) is 17.6 Å². The smallest absolute Gasteiger partial charge is 0.464 e. The number of hydrogen-bond donors (Lipinski definition) is 0. The van der Waals surface area contributed by atoms with E-state index in [4.69, 9.17) is 18.8 Å². The van der Waals surface area contributed by atoms with Crippen molar-refractivity contribution >= 4 is 12.6 Å². The molecule has 0 N–H and O–H groups in total. The number of alkyl halides is 3. The van der Waals surface area contributed by atoms with E-state index in [1.165, 1.54) is 0 Å². The van der Waals surface area contributed by atoms with Gasteiger partial charge in [0.1, 0.15) is 0 Å². The zero-order valence-electron chi connectivity index (χ0n) is 15.5. The van der Waals surface area contributed by atoms with Gasteiger partial charge in [0.15, 0.2) is 18.4 Å². The highest BCUT2D eigenvalue weighted by molar-refractivity contribution is 6.62. The molecule has 0 spiro atoms. The normalized spacial score (nSPS) is 19.0. The fourth-order valence-electron chi connectivity index (χ4n) is 2.47. The van der Waals surface area contributed by atoms with Crippen molar-refractivity contribution in [1.29, 1.82) is 0 Å². The minimum Gasteiger partial charge on any atom is -0.464 e. The van der Waals surface area contributed by atoms with Gasteiger partial charge in [-0.25, -0.2) is 4.39 Å². The molecule has 1 aliphatic rings. The van der Waals surface area contributed by atoms with Gasteiger partial charge in [0.25, 0.3) is 0 Å². The molecule has 0 bridgehead atoms. The molecule has 0 saturated carbocycles. The molecule has 4 nitrogen and oxygen atoms in total. The van der Waals surface area contributed by atoms with E-state index in [2.05, 4.69) is 0 Å². The summed E-state index contributed by atoms with van der Waals surface area (Å²) in [5.41, 5.74) is -1.67. The fourth-order valence-corrected chi connectivity index (χ4v) is 2.47. The molecule has 1 fully saturated rings. The Bertz CT molecular complexity index is 630. The molecule has 1 saturated heterocycles. The second kappa shape index (κ2) is 7.36. The van der Waals surface area contributed by atoms with Crippen LogP contribution in [0.25, 0.3) is 0 Å². The van der Waals surface area contributed by atoms with Gasteiger partial charge in [-0.15, -0.1) is 0 Å². The average Bonchev–Trinajstić information content (AvgIpc) is 2.69. The number of rotatable bonds is 6. The van der Waals surface area contributed by atoms with Gasteiger partial charge in [-0.2, -0.15) is 13.2 Å². The van der Waals surface area contributed by atoms with Crippen LogP contribution in [0.1, 0.15) is 40.2 Å². The van der Waals surface area contributed by atoms with Crippen molar-refractivity contribution in [3.05, 3.63) is 23.5 Å². The molecule has 9 heteroatoms. The molecule has 2 rings (SSSR count). The molecule has 0 radical (unpaired) electrons. The number of halogens is 4. The van der Waals surface area contributed by atoms with Crippen LogP contribution < -0.4 is 10.2 Å². The second-order valence-corrected chi connectivity index (χ2v) is 7.12. The van der Waals surface area contributed by atoms with Crippen LogP contribution >= 0.6 is 0 Å². The topological polar surface area (TPSA) is 36.9 Å². The molecule has 0 amide bonds. The van der Waals surface area contributed by atoms with Crippen LogP contribution in [0.15, 0.2) is 12.1 Å². The summed E-state index contributed by atoms with van der Waals surface area (Å²) in [5, 5.41) is 0. The fraction of sp³-hybridized carbons (Fsp3) is 0.647. The minimum atomic E-state index is -4.48. The maximum absolute atomic E-state index is 14.4. The Morgan fingerprint density at radius 2 is 1.65 bits per heavy atom. The van der Waals surface area contributed by atoms with Gasteiger partial charge in [0, 0.05) is 6.61 Å². The molecular formula is C17H23BF4O4. The Morgan fingerprint density at radius 1 is 1.08 bits per heavy atom. The third-order valence-corrected chi connectivity index (χ3v) is 4.59. The first-order chi connectivity index (χ1) is 11.9. The lowest BCUT2D eigenvalue weighted by molar-refractivity contribution is -0.127. The summed E-state index contributed by atoms with van der Waals surface area (Å²) in [6.45, 7) is 8.88. The monoisotopic (exact) mass is 378 g/mol. The van der Waals surface area contributed by atoms with E-state index in [-0.39, 0.29) is 23.6 Å². The van der Waals surface area contributed by atoms with Crippen molar-refractivity contribution in [3.63, 3.8) is 0 Å². The van der Waals surface area contributed by atoms with E-state index >= 15 is 0 Å². The Balaban J connectivity index is 2.39. The summed E-state index contributed by atoms with van der Waals surface area (Å²) in [6.07, 6.45) is -5.73. The Labute approximate surface area is 150 Å². The van der Waals surface area contributed by atoms with E-state index in [1.54, 1.807) is 34.6 Å². The molecule has 0 unspecified atom stereocenters. The average molecular weight is 378 g/mol. The lowest BCUT2D eigenvalue weighted by atomic mass is 9.75. The molecule has 1 aromatic rings. The van der Waals surface area contributed by atoms with Crippen molar-refractivity contribution in [2.45, 2.75) is 58.4 Å². The Morgan fingerprint density at radius 3 is 2.15 bits per heavy atom. The van der Waals surface area contributed by atoms with Gasteiger partial charge >= 0.3 is 13.3 Å². The predicted molar refractivity (Wildman–Crippen MR) is 89.0 cm³/mol. The lowest BCUT2D eigenvalue weighted by Gasteiger charge is -2.32. The summed E-state index contributed by atoms with van der Waals surface area (Å²) < 4.78 is 75.0. The molecule has 1 aliphatic heterocycles. The summed E-state index contributed by atoms with van der Waals surface area (Å²) in [4.78, 5) is 0. The molecule has 1 heterocycles. The van der Waals surface area contributed by atoms with Gasteiger partial charge in [-0.3, -0.25) is 0 Å². The standard InChI is InChI=1S/C17H23BF4O4/c1-6-23-10-24-14-7-11(9-17(20,21)22)12(8-13(14)19)18-25-15(2,3)16(4,5)26-18/h7-8H,6,9-10H2,1-5H3. The first-order valence-electron chi connectivity index (χ1n) is 8.31. The van der Waals surface area contributed by atoms with Crippen LogP contribution in [0.5, 0.6) is 5.75 Å². The first-order valence-corrected chi connectivity index (χ1v) is 8.31. The SMILES string of the molecule is CCOCOc1cc(CC(F)(F)F)c(B2OC(C)(C)C(C)(C)O2)cc1F. The summed E-state index contributed by atoms with van der Waals surface area (Å²) in [7, 11) is -1.10. The number of benzene rings is 1. The van der Waals surface area contributed by atoms with Crippen molar-refractivity contribution in [1.82, 2.24) is 0 Å². The summed E-state index contributed by atoms with van der Waals surface area (Å²) in [6, 6.07) is 2.01. The molecule has 146 valence electrons. The van der Waals surface area contributed by atoms with E-state index in [9.17, 15) is 17.6 Å². The Kier molecular flexibility index (Phi) is 5.94. The molecule has 0 aliphatic carbocycles. The minimum absolute atomic E-state index is 0.00207. The maximum Gasteiger partial charge on any atom is 0.495 e. The lowest BCUT2D eigenvalue weighted by Crippen LogP contribution is -2.41. The third-order valence-electron chi connectivity index (χ3n) is 4.59. The molecular weight excluding hydrogens is 355 g/mol. The van der Waals surface area contributed by atoms with E-state index in [0.29, 0.717) is 6.61 Å². The van der Waals surface area contributed by atoms with Crippen LogP contribution in [0.2, 0.25) is 0 Å².